The van der Waals surface area contributed by atoms with Crippen molar-refractivity contribution in [2.75, 3.05) is 0 Å². The van der Waals surface area contributed by atoms with E-state index in [9.17, 15) is 4.79 Å². The largest absolute Gasteiger partial charge is 0.273 e. The number of carbonyl (C=O) groups is 1. The lowest BCUT2D eigenvalue weighted by Gasteiger charge is -2.18. The quantitative estimate of drug-likeness (QED) is 0.661. The molecule has 0 spiro atoms. The van der Waals surface area contributed by atoms with Gasteiger partial charge in [-0.25, -0.2) is 5.43 Å². The van der Waals surface area contributed by atoms with E-state index in [-0.39, 0.29) is 17.2 Å². The zero-order valence-corrected chi connectivity index (χ0v) is 13.6. The van der Waals surface area contributed by atoms with E-state index in [4.69, 9.17) is 0 Å². The SMILES string of the molecule is CCC(C)=NNC(=O)C1CC1(c1ccccc1)c1ccccc1. The lowest BCUT2D eigenvalue weighted by atomic mass is 9.85. The summed E-state index contributed by atoms with van der Waals surface area (Å²) in [6.07, 6.45) is 1.67. The van der Waals surface area contributed by atoms with Gasteiger partial charge >= 0.3 is 0 Å². The van der Waals surface area contributed by atoms with Gasteiger partial charge in [-0.15, -0.1) is 0 Å². The minimum Gasteiger partial charge on any atom is -0.273 e. The second-order valence-corrected chi connectivity index (χ2v) is 6.14. The van der Waals surface area contributed by atoms with Gasteiger partial charge in [0.15, 0.2) is 0 Å². The number of nitrogens with zero attached hydrogens (tertiary/aromatic N) is 1. The summed E-state index contributed by atoms with van der Waals surface area (Å²) >= 11 is 0. The molecule has 0 saturated heterocycles. The van der Waals surface area contributed by atoms with Crippen LogP contribution in [0.2, 0.25) is 0 Å². The molecule has 0 aliphatic heterocycles. The van der Waals surface area contributed by atoms with Crippen LogP contribution >= 0.6 is 0 Å². The molecule has 0 aromatic heterocycles. The van der Waals surface area contributed by atoms with Crippen LogP contribution in [0.5, 0.6) is 0 Å². The second-order valence-electron chi connectivity index (χ2n) is 6.14. The summed E-state index contributed by atoms with van der Waals surface area (Å²) < 4.78 is 0. The van der Waals surface area contributed by atoms with Crippen molar-refractivity contribution in [3.63, 3.8) is 0 Å². The third-order valence-corrected chi connectivity index (χ3v) is 4.72. The lowest BCUT2D eigenvalue weighted by Crippen LogP contribution is -2.26. The minimum absolute atomic E-state index is 0.00510. The van der Waals surface area contributed by atoms with Crippen LogP contribution in [0.15, 0.2) is 65.8 Å². The summed E-state index contributed by atoms with van der Waals surface area (Å²) in [5.74, 6) is -0.0637. The normalized spacial score (nSPS) is 19.2. The van der Waals surface area contributed by atoms with Crippen molar-refractivity contribution in [1.29, 1.82) is 0 Å². The Morgan fingerprint density at radius 3 is 2.09 bits per heavy atom. The molecule has 1 N–H and O–H groups in total. The summed E-state index contributed by atoms with van der Waals surface area (Å²) in [5, 5.41) is 4.17. The molecule has 1 aliphatic rings. The zero-order chi connectivity index (χ0) is 16.3. The predicted molar refractivity (Wildman–Crippen MR) is 93.3 cm³/mol. The Morgan fingerprint density at radius 2 is 1.61 bits per heavy atom. The highest BCUT2D eigenvalue weighted by molar-refractivity contribution is 5.88. The van der Waals surface area contributed by atoms with Crippen LogP contribution in [0.1, 0.15) is 37.8 Å². The molecule has 3 rings (SSSR count). The number of hydrogen-bond donors (Lipinski definition) is 1. The molecule has 1 aliphatic carbocycles. The molecule has 0 heterocycles. The van der Waals surface area contributed by atoms with E-state index in [1.165, 1.54) is 11.1 Å². The van der Waals surface area contributed by atoms with Gasteiger partial charge in [0, 0.05) is 11.1 Å². The third-order valence-electron chi connectivity index (χ3n) is 4.72. The highest BCUT2D eigenvalue weighted by Crippen LogP contribution is 2.58. The second kappa shape index (κ2) is 6.37. The molecule has 118 valence electrons. The van der Waals surface area contributed by atoms with Gasteiger partial charge in [-0.2, -0.15) is 5.10 Å². The van der Waals surface area contributed by atoms with E-state index >= 15 is 0 Å². The molecular formula is C20H22N2O. The fourth-order valence-electron chi connectivity index (χ4n) is 3.16. The Balaban J connectivity index is 1.91. The number of benzene rings is 2. The number of hydrogen-bond acceptors (Lipinski definition) is 2. The van der Waals surface area contributed by atoms with E-state index < -0.39 is 0 Å². The molecule has 23 heavy (non-hydrogen) atoms. The van der Waals surface area contributed by atoms with Crippen molar-refractivity contribution in [3.05, 3.63) is 71.8 Å². The first-order valence-corrected chi connectivity index (χ1v) is 8.12. The molecule has 0 radical (unpaired) electrons. The molecule has 0 bridgehead atoms. The van der Waals surface area contributed by atoms with Crippen LogP contribution in [0.3, 0.4) is 0 Å². The van der Waals surface area contributed by atoms with Gasteiger partial charge in [0.05, 0.1) is 5.92 Å². The number of amides is 1. The van der Waals surface area contributed by atoms with Crippen molar-refractivity contribution in [2.24, 2.45) is 11.0 Å². The topological polar surface area (TPSA) is 41.5 Å². The van der Waals surface area contributed by atoms with Crippen LogP contribution < -0.4 is 5.43 Å². The molecule has 3 heteroatoms. The molecule has 1 atom stereocenters. The number of nitrogens with one attached hydrogen (secondary N) is 1. The van der Waals surface area contributed by atoms with Crippen molar-refractivity contribution < 1.29 is 4.79 Å². The number of carbonyl (C=O) groups excluding carboxylic acids is 1. The summed E-state index contributed by atoms with van der Waals surface area (Å²) in [5.41, 5.74) is 5.85. The average Bonchev–Trinajstić information content (AvgIpc) is 3.38. The van der Waals surface area contributed by atoms with Crippen LogP contribution in [0.25, 0.3) is 0 Å². The van der Waals surface area contributed by atoms with Crippen LogP contribution in [-0.2, 0) is 10.2 Å². The summed E-state index contributed by atoms with van der Waals surface area (Å²) in [6, 6.07) is 20.6. The van der Waals surface area contributed by atoms with Gasteiger partial charge in [0.25, 0.3) is 0 Å². The predicted octanol–water partition coefficient (Wildman–Crippen LogP) is 3.89. The van der Waals surface area contributed by atoms with Gasteiger partial charge < -0.3 is 0 Å². The number of hydrazone groups is 1. The molecule has 1 amide bonds. The Morgan fingerprint density at radius 1 is 1.09 bits per heavy atom. The van der Waals surface area contributed by atoms with Gasteiger partial charge in [-0.3, -0.25) is 4.79 Å². The summed E-state index contributed by atoms with van der Waals surface area (Å²) in [6.45, 7) is 3.95. The van der Waals surface area contributed by atoms with E-state index in [0.29, 0.717) is 0 Å². The third kappa shape index (κ3) is 2.91. The summed E-state index contributed by atoms with van der Waals surface area (Å²) in [4.78, 5) is 12.6. The number of rotatable bonds is 5. The maximum absolute atomic E-state index is 12.6. The van der Waals surface area contributed by atoms with Crippen LogP contribution in [-0.4, -0.2) is 11.6 Å². The fraction of sp³-hybridized carbons (Fsp3) is 0.300. The van der Waals surface area contributed by atoms with Crippen molar-refractivity contribution in [2.45, 2.75) is 32.1 Å². The molecule has 1 saturated carbocycles. The van der Waals surface area contributed by atoms with E-state index in [0.717, 1.165) is 18.6 Å². The maximum atomic E-state index is 12.6. The first kappa shape index (κ1) is 15.5. The summed E-state index contributed by atoms with van der Waals surface area (Å²) in [7, 11) is 0. The Labute approximate surface area is 137 Å². The first-order chi connectivity index (χ1) is 11.2. The zero-order valence-electron chi connectivity index (χ0n) is 13.6. The van der Waals surface area contributed by atoms with Crippen LogP contribution in [0.4, 0.5) is 0 Å². The Hall–Kier alpha value is -2.42. The van der Waals surface area contributed by atoms with E-state index in [1.54, 1.807) is 0 Å². The van der Waals surface area contributed by atoms with Gasteiger partial charge in [-0.05, 0) is 30.9 Å². The van der Waals surface area contributed by atoms with E-state index in [1.807, 2.05) is 50.2 Å². The molecule has 1 fully saturated rings. The smallest absolute Gasteiger partial charge is 0.244 e. The first-order valence-electron chi connectivity index (χ1n) is 8.12. The molecule has 1 unspecified atom stereocenters. The molecule has 3 nitrogen and oxygen atoms in total. The monoisotopic (exact) mass is 306 g/mol. The van der Waals surface area contributed by atoms with Crippen LogP contribution in [0, 0.1) is 5.92 Å². The van der Waals surface area contributed by atoms with Gasteiger partial charge in [0.1, 0.15) is 0 Å². The van der Waals surface area contributed by atoms with Crippen molar-refractivity contribution in [1.82, 2.24) is 5.43 Å². The Kier molecular flexibility index (Phi) is 4.28. The fourth-order valence-corrected chi connectivity index (χ4v) is 3.16. The van der Waals surface area contributed by atoms with E-state index in [2.05, 4.69) is 34.8 Å². The molecular weight excluding hydrogens is 284 g/mol. The van der Waals surface area contributed by atoms with Crippen molar-refractivity contribution in [3.8, 4) is 0 Å². The highest BCUT2D eigenvalue weighted by Gasteiger charge is 2.60. The Bertz CT molecular complexity index is 667. The lowest BCUT2D eigenvalue weighted by molar-refractivity contribution is -0.122. The maximum Gasteiger partial charge on any atom is 0.244 e. The molecule has 2 aromatic rings. The minimum atomic E-state index is -0.220. The van der Waals surface area contributed by atoms with Gasteiger partial charge in [0.2, 0.25) is 5.91 Å². The molecule has 2 aromatic carbocycles. The van der Waals surface area contributed by atoms with Crippen molar-refractivity contribution >= 4 is 11.6 Å². The highest BCUT2D eigenvalue weighted by atomic mass is 16.2. The average molecular weight is 306 g/mol. The van der Waals surface area contributed by atoms with Gasteiger partial charge in [-0.1, -0.05) is 67.6 Å². The standard InChI is InChI=1S/C20H22N2O/c1-3-15(2)21-22-19(23)18-14-20(18,16-10-6-4-7-11-16)17-12-8-5-9-13-17/h4-13,18H,3,14H2,1-2H3,(H,22,23).